The Morgan fingerprint density at radius 1 is 1.21 bits per heavy atom. The lowest BCUT2D eigenvalue weighted by Crippen LogP contribution is -2.57. The maximum Gasteiger partial charge on any atom is 0.229 e. The van der Waals surface area contributed by atoms with Gasteiger partial charge in [0.05, 0.1) is 24.7 Å². The lowest BCUT2D eigenvalue weighted by molar-refractivity contribution is -0.148. The van der Waals surface area contributed by atoms with Crippen LogP contribution < -0.4 is 0 Å². The minimum Gasteiger partial charge on any atom is -0.383 e. The third kappa shape index (κ3) is 2.90. The third-order valence-electron chi connectivity index (χ3n) is 4.03. The van der Waals surface area contributed by atoms with Crippen LogP contribution in [0.25, 0.3) is 0 Å². The molecular formula is C13H22N2O4. The maximum atomic E-state index is 12.4. The Morgan fingerprint density at radius 2 is 1.89 bits per heavy atom. The summed E-state index contributed by atoms with van der Waals surface area (Å²) in [6.45, 7) is 3.78. The van der Waals surface area contributed by atoms with Gasteiger partial charge in [-0.1, -0.05) is 0 Å². The molecule has 2 aliphatic rings. The van der Waals surface area contributed by atoms with E-state index in [0.717, 1.165) is 6.42 Å². The van der Waals surface area contributed by atoms with Crippen LogP contribution in [0.4, 0.5) is 0 Å². The van der Waals surface area contributed by atoms with Crippen LogP contribution in [0.5, 0.6) is 0 Å². The first-order chi connectivity index (χ1) is 9.06. The molecule has 2 atom stereocenters. The largest absolute Gasteiger partial charge is 0.383 e. The van der Waals surface area contributed by atoms with Gasteiger partial charge in [0, 0.05) is 40.8 Å². The number of rotatable bonds is 4. The van der Waals surface area contributed by atoms with E-state index in [2.05, 4.69) is 0 Å². The zero-order valence-electron chi connectivity index (χ0n) is 11.8. The first-order valence-electron chi connectivity index (χ1n) is 6.64. The molecule has 0 spiro atoms. The molecule has 0 unspecified atom stereocenters. The van der Waals surface area contributed by atoms with E-state index >= 15 is 0 Å². The molecule has 0 bridgehead atoms. The molecule has 2 heterocycles. The molecule has 2 aliphatic heterocycles. The van der Waals surface area contributed by atoms with Gasteiger partial charge in [-0.05, 0) is 6.42 Å². The van der Waals surface area contributed by atoms with Crippen LogP contribution in [0.3, 0.4) is 0 Å². The topological polar surface area (TPSA) is 59.1 Å². The summed E-state index contributed by atoms with van der Waals surface area (Å²) in [6, 6.07) is 0.0915. The molecule has 2 fully saturated rings. The predicted octanol–water partition coefficient (Wildman–Crippen LogP) is -0.273. The van der Waals surface area contributed by atoms with Crippen LogP contribution >= 0.6 is 0 Å². The average Bonchev–Trinajstić information content (AvgIpc) is 2.70. The molecule has 0 aromatic rings. The van der Waals surface area contributed by atoms with E-state index in [1.807, 2.05) is 4.90 Å². The second kappa shape index (κ2) is 5.88. The van der Waals surface area contributed by atoms with Crippen LogP contribution in [-0.4, -0.2) is 74.2 Å². The van der Waals surface area contributed by atoms with Crippen LogP contribution in [-0.2, 0) is 19.1 Å². The molecule has 0 aliphatic carbocycles. The monoisotopic (exact) mass is 270 g/mol. The van der Waals surface area contributed by atoms with Crippen molar-refractivity contribution in [3.63, 3.8) is 0 Å². The molecule has 0 aromatic carbocycles. The molecule has 0 aromatic heterocycles. The van der Waals surface area contributed by atoms with Crippen molar-refractivity contribution in [1.29, 1.82) is 0 Å². The van der Waals surface area contributed by atoms with Crippen molar-refractivity contribution < 1.29 is 19.1 Å². The van der Waals surface area contributed by atoms with Gasteiger partial charge in [-0.2, -0.15) is 0 Å². The van der Waals surface area contributed by atoms with E-state index < -0.39 is 0 Å². The number of nitrogens with zero attached hydrogens (tertiary/aromatic N) is 2. The number of hydrogen-bond acceptors (Lipinski definition) is 4. The van der Waals surface area contributed by atoms with Gasteiger partial charge >= 0.3 is 0 Å². The number of hydrogen-bond donors (Lipinski definition) is 0. The fourth-order valence-corrected chi connectivity index (χ4v) is 2.79. The van der Waals surface area contributed by atoms with E-state index in [1.54, 1.807) is 19.1 Å². The van der Waals surface area contributed by atoms with Crippen molar-refractivity contribution >= 4 is 11.8 Å². The highest BCUT2D eigenvalue weighted by molar-refractivity contribution is 5.84. The number of carbonyl (C=O) groups is 2. The number of methoxy groups -OCH3 is 2. The standard InChI is InChI=1S/C13H22N2O4/c1-9(16)14-5-10(6-14)13(17)15-7-12(19-3)4-11(15)8-18-2/h10-12H,4-8H2,1-3H3/t11-,12+/m0/s1. The summed E-state index contributed by atoms with van der Waals surface area (Å²) in [5.74, 6) is 0.103. The number of amides is 2. The molecule has 2 saturated heterocycles. The van der Waals surface area contributed by atoms with Crippen LogP contribution in [0.15, 0.2) is 0 Å². The molecule has 0 N–H and O–H groups in total. The molecule has 0 saturated carbocycles. The van der Waals surface area contributed by atoms with Gasteiger partial charge in [0.15, 0.2) is 0 Å². The molecular weight excluding hydrogens is 248 g/mol. The van der Waals surface area contributed by atoms with Gasteiger partial charge in [0.25, 0.3) is 0 Å². The SMILES string of the molecule is COC[C@@H]1C[C@@H](OC)CN1C(=O)C1CN(C(C)=O)C1. The highest BCUT2D eigenvalue weighted by Crippen LogP contribution is 2.26. The molecule has 6 heteroatoms. The first kappa shape index (κ1) is 14.3. The molecule has 6 nitrogen and oxygen atoms in total. The number of likely N-dealkylation sites (tertiary alicyclic amines) is 2. The Balaban J connectivity index is 1.92. The van der Waals surface area contributed by atoms with Gasteiger partial charge in [-0.25, -0.2) is 0 Å². The number of carbonyl (C=O) groups excluding carboxylic acids is 2. The summed E-state index contributed by atoms with van der Waals surface area (Å²) in [7, 11) is 3.31. The summed E-state index contributed by atoms with van der Waals surface area (Å²) in [4.78, 5) is 27.1. The molecule has 19 heavy (non-hydrogen) atoms. The van der Waals surface area contributed by atoms with Crippen LogP contribution in [0.1, 0.15) is 13.3 Å². The minimum absolute atomic E-state index is 0.0358. The number of ether oxygens (including phenoxy) is 2. The van der Waals surface area contributed by atoms with E-state index in [1.165, 1.54) is 6.92 Å². The van der Waals surface area contributed by atoms with Crippen molar-refractivity contribution in [2.24, 2.45) is 5.92 Å². The lowest BCUT2D eigenvalue weighted by atomic mass is 9.98. The Kier molecular flexibility index (Phi) is 4.42. The van der Waals surface area contributed by atoms with Gasteiger partial charge in [-0.15, -0.1) is 0 Å². The Labute approximate surface area is 113 Å². The third-order valence-corrected chi connectivity index (χ3v) is 4.03. The Bertz CT molecular complexity index is 355. The molecule has 2 rings (SSSR count). The quantitative estimate of drug-likeness (QED) is 0.705. The van der Waals surface area contributed by atoms with Crippen LogP contribution in [0.2, 0.25) is 0 Å². The molecule has 0 radical (unpaired) electrons. The van der Waals surface area contributed by atoms with Crippen molar-refractivity contribution in [1.82, 2.24) is 9.80 Å². The van der Waals surface area contributed by atoms with E-state index in [4.69, 9.17) is 9.47 Å². The van der Waals surface area contributed by atoms with E-state index in [-0.39, 0.29) is 29.9 Å². The summed E-state index contributed by atoms with van der Waals surface area (Å²) in [5.41, 5.74) is 0. The summed E-state index contributed by atoms with van der Waals surface area (Å²) < 4.78 is 10.5. The van der Waals surface area contributed by atoms with Gasteiger partial charge in [0.1, 0.15) is 0 Å². The van der Waals surface area contributed by atoms with Gasteiger partial charge < -0.3 is 19.3 Å². The van der Waals surface area contributed by atoms with Gasteiger partial charge in [0.2, 0.25) is 11.8 Å². The average molecular weight is 270 g/mol. The second-order valence-electron chi connectivity index (χ2n) is 5.31. The normalized spacial score (nSPS) is 27.5. The van der Waals surface area contributed by atoms with E-state index in [0.29, 0.717) is 26.2 Å². The smallest absolute Gasteiger partial charge is 0.229 e. The first-order valence-corrected chi connectivity index (χ1v) is 6.64. The fraction of sp³-hybridized carbons (Fsp3) is 0.846. The summed E-state index contributed by atoms with van der Waals surface area (Å²) >= 11 is 0. The van der Waals surface area contributed by atoms with Gasteiger partial charge in [-0.3, -0.25) is 9.59 Å². The summed E-state index contributed by atoms with van der Waals surface area (Å²) in [5, 5.41) is 0. The fourth-order valence-electron chi connectivity index (χ4n) is 2.79. The Hall–Kier alpha value is -1.14. The highest BCUT2D eigenvalue weighted by Gasteiger charge is 2.42. The summed E-state index contributed by atoms with van der Waals surface area (Å²) in [6.07, 6.45) is 0.909. The maximum absolute atomic E-state index is 12.4. The van der Waals surface area contributed by atoms with Crippen molar-refractivity contribution in [3.8, 4) is 0 Å². The predicted molar refractivity (Wildman–Crippen MR) is 68.5 cm³/mol. The van der Waals surface area contributed by atoms with Crippen molar-refractivity contribution in [2.45, 2.75) is 25.5 Å². The lowest BCUT2D eigenvalue weighted by Gasteiger charge is -2.40. The molecule has 2 amide bonds. The van der Waals surface area contributed by atoms with Crippen molar-refractivity contribution in [3.05, 3.63) is 0 Å². The van der Waals surface area contributed by atoms with E-state index in [9.17, 15) is 9.59 Å². The minimum atomic E-state index is -0.0566. The highest BCUT2D eigenvalue weighted by atomic mass is 16.5. The zero-order valence-corrected chi connectivity index (χ0v) is 11.8. The Morgan fingerprint density at radius 3 is 2.42 bits per heavy atom. The van der Waals surface area contributed by atoms with Crippen LogP contribution in [0, 0.1) is 5.92 Å². The zero-order chi connectivity index (χ0) is 14.0. The van der Waals surface area contributed by atoms with Crippen molar-refractivity contribution in [2.75, 3.05) is 40.5 Å². The molecule has 108 valence electrons. The second-order valence-corrected chi connectivity index (χ2v) is 5.31.